The van der Waals surface area contributed by atoms with Gasteiger partial charge >= 0.3 is 12.1 Å². The van der Waals surface area contributed by atoms with E-state index in [-0.39, 0.29) is 35.5 Å². The second-order valence-electron chi connectivity index (χ2n) is 17.2. The van der Waals surface area contributed by atoms with Gasteiger partial charge < -0.3 is 30.4 Å². The zero-order valence-electron chi connectivity index (χ0n) is 36.9. The Hall–Kier alpha value is -6.84. The quantitative estimate of drug-likeness (QED) is 0.0709. The number of nitrogens with one attached hydrogen (secondary N) is 3. The summed E-state index contributed by atoms with van der Waals surface area (Å²) < 4.78 is 46.2. The van der Waals surface area contributed by atoms with Gasteiger partial charge in [-0.2, -0.15) is 13.2 Å². The van der Waals surface area contributed by atoms with Crippen molar-refractivity contribution in [2.45, 2.75) is 89.9 Å². The van der Waals surface area contributed by atoms with Crippen molar-refractivity contribution in [2.75, 3.05) is 19.0 Å². The van der Waals surface area contributed by atoms with Gasteiger partial charge in [-0.25, -0.2) is 19.7 Å². The number of carbonyl (C=O) groups excluding carboxylic acids is 3. The minimum Gasteiger partial charge on any atom is -0.497 e. The van der Waals surface area contributed by atoms with Crippen molar-refractivity contribution in [1.29, 1.82) is 0 Å². The Labute approximate surface area is 381 Å². The summed E-state index contributed by atoms with van der Waals surface area (Å²) in [5.41, 5.74) is 3.27. The molecular formula is C50H54F3N7O6. The number of amides is 3. The molecule has 1 unspecified atom stereocenters. The second-order valence-corrected chi connectivity index (χ2v) is 17.2. The third kappa shape index (κ3) is 12.3. The van der Waals surface area contributed by atoms with Crippen molar-refractivity contribution < 1.29 is 42.2 Å². The lowest BCUT2D eigenvalue weighted by atomic mass is 9.71. The number of methoxy groups -OCH3 is 1. The number of imidazole rings is 1. The van der Waals surface area contributed by atoms with Crippen molar-refractivity contribution in [1.82, 2.24) is 30.2 Å². The number of H-pyrrole nitrogens is 1. The SMILES string of the molecule is CC[C@H]1CC[C@H](C2CC=C(c3cnc(-c4ccc(CN(CC(=O)N[C@@H](Cc5c[nH]cn5)C(=O)O)C(=O)c5ccc(NC(=O)Cc6ccc(OC)cc6C(F)(F)F)cc5)cc4)nc3)CC2)CC1. The average molecular weight is 906 g/mol. The summed E-state index contributed by atoms with van der Waals surface area (Å²) in [4.78, 5) is 69.9. The molecule has 2 atom stereocenters. The molecule has 2 aromatic heterocycles. The Morgan fingerprint density at radius 3 is 2.23 bits per heavy atom. The van der Waals surface area contributed by atoms with E-state index in [2.05, 4.69) is 43.6 Å². The highest BCUT2D eigenvalue weighted by Gasteiger charge is 2.34. The van der Waals surface area contributed by atoms with Crippen LogP contribution in [0.4, 0.5) is 18.9 Å². The fraction of sp³-hybridized carbons (Fsp3) is 0.380. The first-order chi connectivity index (χ1) is 31.8. The molecule has 13 nitrogen and oxygen atoms in total. The number of carboxylic acids is 1. The number of carbonyl (C=O) groups is 4. The van der Waals surface area contributed by atoms with Crippen LogP contribution in [0.1, 0.15) is 96.6 Å². The number of aromatic amines is 1. The number of hydrogen-bond donors (Lipinski definition) is 4. The molecule has 7 rings (SSSR count). The number of anilines is 1. The van der Waals surface area contributed by atoms with Gasteiger partial charge in [0.05, 0.1) is 31.1 Å². The average Bonchev–Trinajstić information content (AvgIpc) is 3.84. The third-order valence-corrected chi connectivity index (χ3v) is 12.8. The normalized spacial score (nSPS) is 17.8. The van der Waals surface area contributed by atoms with Gasteiger partial charge in [-0.05, 0) is 103 Å². The van der Waals surface area contributed by atoms with Crippen LogP contribution in [0.3, 0.4) is 0 Å². The van der Waals surface area contributed by atoms with E-state index in [0.29, 0.717) is 17.1 Å². The first-order valence-corrected chi connectivity index (χ1v) is 22.3. The topological polar surface area (TPSA) is 180 Å². The fourth-order valence-corrected chi connectivity index (χ4v) is 9.02. The Morgan fingerprint density at radius 1 is 0.894 bits per heavy atom. The maximum atomic E-state index is 14.1. The predicted molar refractivity (Wildman–Crippen MR) is 242 cm³/mol. The molecule has 1 saturated carbocycles. The Bertz CT molecular complexity index is 2490. The lowest BCUT2D eigenvalue weighted by Gasteiger charge is -2.35. The molecule has 2 aliphatic carbocycles. The molecule has 66 heavy (non-hydrogen) atoms. The molecule has 16 heteroatoms. The molecule has 1 fully saturated rings. The molecule has 0 radical (unpaired) electrons. The van der Waals surface area contributed by atoms with E-state index in [1.807, 2.05) is 24.5 Å². The number of benzene rings is 3. The van der Waals surface area contributed by atoms with E-state index in [9.17, 15) is 37.5 Å². The van der Waals surface area contributed by atoms with Gasteiger partial charge in [0.25, 0.3) is 5.91 Å². The molecule has 4 N–H and O–H groups in total. The Morgan fingerprint density at radius 2 is 1.62 bits per heavy atom. The minimum atomic E-state index is -4.71. The zero-order chi connectivity index (χ0) is 46.8. The van der Waals surface area contributed by atoms with Gasteiger partial charge in [-0.3, -0.25) is 14.4 Å². The molecule has 346 valence electrons. The standard InChI is InChI=1S/C50H54F3N7O6/c1-3-31-4-8-33(9-5-31)34-12-14-35(15-13-34)39-25-55-47(56-26-39)36-10-6-32(7-11-36)28-60(29-46(62)59-44(49(64)65)23-41-27-54-30-57-41)48(63)37-16-19-40(20-17-37)58-45(61)22-38-18-21-42(66-2)24-43(38)50(51,52)53/h6-7,10-11,14,16-21,24-27,30-31,33-34,44H,3-5,8-9,12-13,15,22-23,28-29H2,1-2H3,(H,54,57)(H,58,61)(H,59,62)(H,64,65)/t31-,33-,34?,44-/m0/s1. The number of alkyl halides is 3. The maximum Gasteiger partial charge on any atom is 0.416 e. The van der Waals surface area contributed by atoms with Crippen molar-refractivity contribution in [3.05, 3.63) is 131 Å². The largest absolute Gasteiger partial charge is 0.497 e. The van der Waals surface area contributed by atoms with Crippen molar-refractivity contribution in [3.8, 4) is 17.1 Å². The van der Waals surface area contributed by atoms with Crippen molar-refractivity contribution >= 4 is 35.0 Å². The van der Waals surface area contributed by atoms with Gasteiger partial charge in [0.2, 0.25) is 11.8 Å². The van der Waals surface area contributed by atoms with E-state index in [1.54, 1.807) is 12.1 Å². The predicted octanol–water partition coefficient (Wildman–Crippen LogP) is 8.93. The van der Waals surface area contributed by atoms with Crippen LogP contribution < -0.4 is 15.4 Å². The first kappa shape index (κ1) is 47.1. The molecule has 5 aromatic rings. The summed E-state index contributed by atoms with van der Waals surface area (Å²) in [6.07, 6.45) is 13.6. The van der Waals surface area contributed by atoms with Gasteiger partial charge in [-0.15, -0.1) is 0 Å². The highest BCUT2D eigenvalue weighted by atomic mass is 19.4. The lowest BCUT2D eigenvalue weighted by molar-refractivity contribution is -0.142. The number of ether oxygens (including phenoxy) is 1. The number of rotatable bonds is 17. The lowest BCUT2D eigenvalue weighted by Crippen LogP contribution is -2.47. The van der Waals surface area contributed by atoms with Crippen molar-refractivity contribution in [3.63, 3.8) is 0 Å². The van der Waals surface area contributed by atoms with Crippen LogP contribution in [0.2, 0.25) is 0 Å². The Balaban J connectivity index is 1.02. The molecule has 2 aliphatic rings. The summed E-state index contributed by atoms with van der Waals surface area (Å²) in [5.74, 6) is -0.290. The Kier molecular flexibility index (Phi) is 15.3. The summed E-state index contributed by atoms with van der Waals surface area (Å²) in [6, 6.07) is 15.0. The molecule has 3 aromatic carbocycles. The van der Waals surface area contributed by atoms with E-state index >= 15 is 0 Å². The highest BCUT2D eigenvalue weighted by molar-refractivity contribution is 5.98. The van der Waals surface area contributed by atoms with Crippen LogP contribution in [0.5, 0.6) is 5.75 Å². The van der Waals surface area contributed by atoms with Crippen molar-refractivity contribution in [2.24, 2.45) is 17.8 Å². The number of nitrogens with zero attached hydrogens (tertiary/aromatic N) is 4. The van der Waals surface area contributed by atoms with E-state index in [0.717, 1.165) is 47.8 Å². The molecule has 0 aliphatic heterocycles. The summed E-state index contributed by atoms with van der Waals surface area (Å²) >= 11 is 0. The summed E-state index contributed by atoms with van der Waals surface area (Å²) in [7, 11) is 1.25. The zero-order valence-corrected chi connectivity index (χ0v) is 36.9. The minimum absolute atomic E-state index is 0.000858. The number of hydrogen-bond acceptors (Lipinski definition) is 8. The summed E-state index contributed by atoms with van der Waals surface area (Å²) in [5, 5.41) is 14.9. The van der Waals surface area contributed by atoms with Crippen LogP contribution in [-0.4, -0.2) is 73.3 Å². The fourth-order valence-electron chi connectivity index (χ4n) is 9.02. The molecular weight excluding hydrogens is 852 g/mol. The van der Waals surface area contributed by atoms with Gasteiger partial charge in [0.15, 0.2) is 5.82 Å². The monoisotopic (exact) mass is 905 g/mol. The second kappa shape index (κ2) is 21.4. The first-order valence-electron chi connectivity index (χ1n) is 22.3. The smallest absolute Gasteiger partial charge is 0.416 e. The molecule has 0 saturated heterocycles. The van der Waals surface area contributed by atoms with Gasteiger partial charge in [-0.1, -0.05) is 62.6 Å². The number of aromatic nitrogens is 4. The van der Waals surface area contributed by atoms with E-state index in [4.69, 9.17) is 4.74 Å². The molecule has 0 bridgehead atoms. The molecule has 3 amide bonds. The number of allylic oxidation sites excluding steroid dienone is 2. The van der Waals surface area contributed by atoms with E-state index < -0.39 is 54.4 Å². The van der Waals surface area contributed by atoms with Crippen LogP contribution in [0.15, 0.2) is 97.7 Å². The summed E-state index contributed by atoms with van der Waals surface area (Å²) in [6.45, 7) is 1.76. The maximum absolute atomic E-state index is 14.1. The number of carboxylic acid groups (broad SMARTS) is 1. The number of aliphatic carboxylic acids is 1. The molecule has 2 heterocycles. The highest BCUT2D eigenvalue weighted by Crippen LogP contribution is 2.42. The molecule has 0 spiro atoms. The number of halogens is 3. The van der Waals surface area contributed by atoms with Crippen LogP contribution in [0, 0.1) is 17.8 Å². The third-order valence-electron chi connectivity index (χ3n) is 12.8. The van der Waals surface area contributed by atoms with Gasteiger partial charge in [0, 0.05) is 53.9 Å². The van der Waals surface area contributed by atoms with E-state index in [1.165, 1.54) is 105 Å². The van der Waals surface area contributed by atoms with Crippen LogP contribution in [0.25, 0.3) is 17.0 Å². The van der Waals surface area contributed by atoms with Crippen LogP contribution >= 0.6 is 0 Å². The van der Waals surface area contributed by atoms with Gasteiger partial charge in [0.1, 0.15) is 18.3 Å². The van der Waals surface area contributed by atoms with Crippen LogP contribution in [-0.2, 0) is 39.9 Å².